The zero-order valence-corrected chi connectivity index (χ0v) is 8.86. The molecule has 0 bridgehead atoms. The molecule has 0 saturated carbocycles. The van der Waals surface area contributed by atoms with Gasteiger partial charge in [0.05, 0.1) is 0 Å². The van der Waals surface area contributed by atoms with Crippen molar-refractivity contribution in [1.82, 2.24) is 0 Å². The second kappa shape index (κ2) is 6.22. The van der Waals surface area contributed by atoms with Gasteiger partial charge in [-0.15, -0.1) is 0 Å². The van der Waals surface area contributed by atoms with Crippen LogP contribution in [0, 0.1) is 0 Å². The highest BCUT2D eigenvalue weighted by Gasteiger charge is 2.02. The standard InChI is InChI=1S/C6H12O5S2/c1-13(9,10)12-5-11-4-2-3-6(7)8/h2-5H2,1H3,(H,7,8). The predicted molar refractivity (Wildman–Crippen MR) is 50.1 cm³/mol. The summed E-state index contributed by atoms with van der Waals surface area (Å²) in [6, 6.07) is 0. The number of ether oxygens (including phenoxy) is 1. The number of rotatable bonds is 7. The molecule has 0 aromatic carbocycles. The monoisotopic (exact) mass is 228 g/mol. The van der Waals surface area contributed by atoms with Crippen molar-refractivity contribution in [3.05, 3.63) is 0 Å². The van der Waals surface area contributed by atoms with Crippen molar-refractivity contribution in [1.29, 1.82) is 0 Å². The van der Waals surface area contributed by atoms with E-state index in [4.69, 9.17) is 9.84 Å². The fourth-order valence-electron chi connectivity index (χ4n) is 0.506. The summed E-state index contributed by atoms with van der Waals surface area (Å²) in [4.78, 5) is 10.0. The summed E-state index contributed by atoms with van der Waals surface area (Å²) < 4.78 is 26.0. The molecule has 0 saturated heterocycles. The van der Waals surface area contributed by atoms with Gasteiger partial charge in [-0.1, -0.05) is 0 Å². The second-order valence-corrected chi connectivity index (χ2v) is 6.75. The minimum Gasteiger partial charge on any atom is -0.481 e. The van der Waals surface area contributed by atoms with Crippen molar-refractivity contribution in [3.8, 4) is 0 Å². The first-order valence-electron chi connectivity index (χ1n) is 3.56. The van der Waals surface area contributed by atoms with Gasteiger partial charge in [0.2, 0.25) is 8.87 Å². The minimum atomic E-state index is -3.05. The topological polar surface area (TPSA) is 80.7 Å². The lowest BCUT2D eigenvalue weighted by molar-refractivity contribution is -0.137. The van der Waals surface area contributed by atoms with E-state index < -0.39 is 14.8 Å². The van der Waals surface area contributed by atoms with E-state index in [0.717, 1.165) is 6.26 Å². The number of hydrogen-bond acceptors (Lipinski definition) is 5. The molecule has 0 spiro atoms. The Labute approximate surface area is 80.8 Å². The van der Waals surface area contributed by atoms with Crippen LogP contribution in [0.25, 0.3) is 0 Å². The maximum atomic E-state index is 10.6. The number of carboxylic acid groups (broad SMARTS) is 1. The lowest BCUT2D eigenvalue weighted by atomic mass is 10.3. The van der Waals surface area contributed by atoms with Crippen LogP contribution < -0.4 is 0 Å². The summed E-state index contributed by atoms with van der Waals surface area (Å²) in [5.41, 5.74) is 0. The largest absolute Gasteiger partial charge is 0.481 e. The van der Waals surface area contributed by atoms with E-state index in [2.05, 4.69) is 0 Å². The SMILES string of the molecule is CS(=O)(=O)SCOCCCC(=O)O. The van der Waals surface area contributed by atoms with Crippen LogP contribution in [-0.2, 0) is 18.4 Å². The van der Waals surface area contributed by atoms with Crippen LogP contribution in [0.15, 0.2) is 0 Å². The van der Waals surface area contributed by atoms with E-state index in [1.54, 1.807) is 0 Å². The van der Waals surface area contributed by atoms with Gasteiger partial charge in [-0.2, -0.15) is 0 Å². The van der Waals surface area contributed by atoms with Crippen LogP contribution in [-0.4, -0.2) is 38.3 Å². The molecule has 13 heavy (non-hydrogen) atoms. The number of carboxylic acids is 1. The maximum Gasteiger partial charge on any atom is 0.303 e. The van der Waals surface area contributed by atoms with Gasteiger partial charge in [-0.05, 0) is 17.2 Å². The first-order chi connectivity index (χ1) is 5.92. The molecule has 0 aliphatic carbocycles. The number of aliphatic carboxylic acids is 1. The third kappa shape index (κ3) is 11.7. The van der Waals surface area contributed by atoms with Crippen LogP contribution >= 0.6 is 10.8 Å². The Morgan fingerprint density at radius 2 is 2.15 bits per heavy atom. The predicted octanol–water partition coefficient (Wildman–Crippen LogP) is 0.518. The van der Waals surface area contributed by atoms with Gasteiger partial charge in [0.1, 0.15) is 5.94 Å². The fraction of sp³-hybridized carbons (Fsp3) is 0.833. The molecule has 78 valence electrons. The second-order valence-electron chi connectivity index (χ2n) is 2.35. The average Bonchev–Trinajstić information content (AvgIpc) is 1.93. The summed E-state index contributed by atoms with van der Waals surface area (Å²) in [5, 5.41) is 8.24. The zero-order chi connectivity index (χ0) is 10.3. The van der Waals surface area contributed by atoms with Crippen LogP contribution in [0.4, 0.5) is 0 Å². The van der Waals surface area contributed by atoms with Crippen molar-refractivity contribution in [3.63, 3.8) is 0 Å². The molecule has 0 aromatic heterocycles. The van der Waals surface area contributed by atoms with E-state index in [1.807, 2.05) is 0 Å². The van der Waals surface area contributed by atoms with Crippen LogP contribution in [0.5, 0.6) is 0 Å². The Balaban J connectivity index is 3.23. The summed E-state index contributed by atoms with van der Waals surface area (Å²) in [5.74, 6) is -0.822. The summed E-state index contributed by atoms with van der Waals surface area (Å²) >= 11 is 0. The van der Waals surface area contributed by atoms with Crippen molar-refractivity contribution in [2.75, 3.05) is 18.8 Å². The highest BCUT2D eigenvalue weighted by molar-refractivity contribution is 8.71. The van der Waals surface area contributed by atoms with E-state index in [1.165, 1.54) is 0 Å². The quantitative estimate of drug-likeness (QED) is 0.388. The highest BCUT2D eigenvalue weighted by Crippen LogP contribution is 2.09. The van der Waals surface area contributed by atoms with Gasteiger partial charge < -0.3 is 9.84 Å². The third-order valence-corrected chi connectivity index (χ3v) is 3.29. The first-order valence-corrected chi connectivity index (χ1v) is 6.95. The molecule has 1 N–H and O–H groups in total. The van der Waals surface area contributed by atoms with E-state index in [0.29, 0.717) is 17.2 Å². The molecule has 0 amide bonds. The summed E-state index contributed by atoms with van der Waals surface area (Å²) in [6.45, 7) is 0.273. The number of carbonyl (C=O) groups is 1. The minimum absolute atomic E-state index is 0.0452. The molecule has 0 atom stereocenters. The van der Waals surface area contributed by atoms with Gasteiger partial charge in [-0.3, -0.25) is 4.79 Å². The summed E-state index contributed by atoms with van der Waals surface area (Å²) in [6.07, 6.45) is 1.54. The van der Waals surface area contributed by atoms with E-state index in [-0.39, 0.29) is 19.0 Å². The van der Waals surface area contributed by atoms with Crippen molar-refractivity contribution < 1.29 is 23.1 Å². The molecule has 0 aliphatic heterocycles. The Kier molecular flexibility index (Phi) is 6.10. The normalized spacial score (nSPS) is 11.5. The molecule has 0 heterocycles. The third-order valence-electron chi connectivity index (χ3n) is 1.02. The zero-order valence-electron chi connectivity index (χ0n) is 7.23. The molecule has 0 radical (unpaired) electrons. The van der Waals surface area contributed by atoms with Gasteiger partial charge >= 0.3 is 5.97 Å². The van der Waals surface area contributed by atoms with Crippen molar-refractivity contribution >= 4 is 25.6 Å². The smallest absolute Gasteiger partial charge is 0.303 e. The lowest BCUT2D eigenvalue weighted by Crippen LogP contribution is -2.01. The van der Waals surface area contributed by atoms with Crippen LogP contribution in [0.2, 0.25) is 0 Å². The van der Waals surface area contributed by atoms with E-state index in [9.17, 15) is 13.2 Å². The molecular weight excluding hydrogens is 216 g/mol. The van der Waals surface area contributed by atoms with Gasteiger partial charge in [0.15, 0.2) is 0 Å². The molecule has 0 unspecified atom stereocenters. The maximum absolute atomic E-state index is 10.6. The molecule has 0 aliphatic rings. The van der Waals surface area contributed by atoms with Gasteiger partial charge in [-0.25, -0.2) is 8.42 Å². The fourth-order valence-corrected chi connectivity index (χ4v) is 1.59. The molecule has 0 aromatic rings. The molecule has 7 heteroatoms. The Bertz CT molecular complexity index is 246. The Hall–Kier alpha value is -0.270. The van der Waals surface area contributed by atoms with Crippen molar-refractivity contribution in [2.45, 2.75) is 12.8 Å². The summed E-state index contributed by atoms with van der Waals surface area (Å²) in [7, 11) is -2.36. The van der Waals surface area contributed by atoms with Gasteiger partial charge in [0, 0.05) is 19.3 Å². The average molecular weight is 228 g/mol. The molecular formula is C6H12O5S2. The molecule has 0 fully saturated rings. The Morgan fingerprint density at radius 1 is 1.54 bits per heavy atom. The van der Waals surface area contributed by atoms with Crippen LogP contribution in [0.3, 0.4) is 0 Å². The van der Waals surface area contributed by atoms with Crippen LogP contribution in [0.1, 0.15) is 12.8 Å². The Morgan fingerprint density at radius 3 is 2.62 bits per heavy atom. The molecule has 5 nitrogen and oxygen atoms in total. The number of hydrogen-bond donors (Lipinski definition) is 1. The van der Waals surface area contributed by atoms with Gasteiger partial charge in [0.25, 0.3) is 0 Å². The first kappa shape index (κ1) is 12.7. The highest BCUT2D eigenvalue weighted by atomic mass is 33.1. The lowest BCUT2D eigenvalue weighted by Gasteiger charge is -2.00. The molecule has 0 rings (SSSR count). The van der Waals surface area contributed by atoms with Crippen molar-refractivity contribution in [2.24, 2.45) is 0 Å². The van der Waals surface area contributed by atoms with E-state index >= 15 is 0 Å².